The molecule has 2 atom stereocenters. The SMILES string of the molecule is Cn1c(=O)n(CC(C)(C)C)c2ccc(C3CCC(C)(C)C(NC(=O)OCc4ccccc4)C3)nc21.[HH]. The average molecular weight is 481 g/mol. The fourth-order valence-electron chi connectivity index (χ4n) is 5.01. The van der Waals surface area contributed by atoms with Crippen molar-refractivity contribution in [2.45, 2.75) is 79.0 Å². The molecular formula is C28H40N4O3. The number of aromatic nitrogens is 3. The van der Waals surface area contributed by atoms with Crippen LogP contribution in [0.25, 0.3) is 11.2 Å². The number of carbonyl (C=O) groups is 1. The highest BCUT2D eigenvalue weighted by molar-refractivity contribution is 5.72. The number of nitrogens with one attached hydrogen (secondary N) is 1. The Balaban J connectivity index is 0.00000361. The Hall–Kier alpha value is -3.09. The molecule has 2 aromatic heterocycles. The lowest BCUT2D eigenvalue weighted by Crippen LogP contribution is -2.48. The Bertz CT molecular complexity index is 1260. The smallest absolute Gasteiger partial charge is 0.407 e. The van der Waals surface area contributed by atoms with E-state index in [-0.39, 0.29) is 36.5 Å². The molecule has 0 bridgehead atoms. The van der Waals surface area contributed by atoms with Crippen LogP contribution in [0.15, 0.2) is 47.3 Å². The first kappa shape index (κ1) is 25.0. The van der Waals surface area contributed by atoms with Crippen molar-refractivity contribution in [3.05, 3.63) is 64.2 Å². The molecule has 0 radical (unpaired) electrons. The van der Waals surface area contributed by atoms with Gasteiger partial charge in [0.1, 0.15) is 6.61 Å². The maximum atomic E-state index is 12.9. The monoisotopic (exact) mass is 480 g/mol. The summed E-state index contributed by atoms with van der Waals surface area (Å²) in [5.74, 6) is 0.202. The van der Waals surface area contributed by atoms with Crippen LogP contribution in [0, 0.1) is 10.8 Å². The molecule has 1 amide bonds. The zero-order chi connectivity index (χ0) is 25.4. The zero-order valence-electron chi connectivity index (χ0n) is 21.8. The number of pyridine rings is 1. The predicted molar refractivity (Wildman–Crippen MR) is 140 cm³/mol. The standard InChI is InChI=1S/C28H38N4O3.H2/c1-27(2,3)18-32-22-13-12-21(29-24(22)31(6)26(32)34)20-14-15-28(4,5)23(16-20)30-25(33)35-17-19-10-8-7-9-11-19;/h7-13,20,23H,14-18H2,1-6H3,(H,30,33);1H. The molecule has 1 aliphatic carbocycles. The fraction of sp³-hybridized carbons (Fsp3) is 0.536. The Morgan fingerprint density at radius 3 is 2.60 bits per heavy atom. The van der Waals surface area contributed by atoms with Crippen molar-refractivity contribution in [3.63, 3.8) is 0 Å². The van der Waals surface area contributed by atoms with Crippen LogP contribution < -0.4 is 11.0 Å². The maximum Gasteiger partial charge on any atom is 0.407 e. The summed E-state index contributed by atoms with van der Waals surface area (Å²) >= 11 is 0. The second kappa shape index (κ2) is 9.51. The number of rotatable bonds is 5. The lowest BCUT2D eigenvalue weighted by molar-refractivity contribution is 0.106. The molecule has 35 heavy (non-hydrogen) atoms. The van der Waals surface area contributed by atoms with Crippen LogP contribution in [0.5, 0.6) is 0 Å². The third-order valence-corrected chi connectivity index (χ3v) is 7.16. The largest absolute Gasteiger partial charge is 0.445 e. The van der Waals surface area contributed by atoms with Crippen LogP contribution in [-0.4, -0.2) is 26.3 Å². The first-order chi connectivity index (χ1) is 16.4. The lowest BCUT2D eigenvalue weighted by Gasteiger charge is -2.42. The first-order valence-electron chi connectivity index (χ1n) is 12.5. The number of benzene rings is 1. The van der Waals surface area contributed by atoms with Gasteiger partial charge >= 0.3 is 11.8 Å². The number of alkyl carbamates (subject to hydrolysis) is 1. The van der Waals surface area contributed by atoms with E-state index >= 15 is 0 Å². The minimum atomic E-state index is -0.391. The third-order valence-electron chi connectivity index (χ3n) is 7.16. The number of amides is 1. The highest BCUT2D eigenvalue weighted by Gasteiger charge is 2.38. The number of ether oxygens (including phenoxy) is 1. The molecule has 1 saturated carbocycles. The van der Waals surface area contributed by atoms with Gasteiger partial charge < -0.3 is 10.1 Å². The maximum absolute atomic E-state index is 12.9. The number of fused-ring (bicyclic) bond motifs is 1. The number of hydrogen-bond donors (Lipinski definition) is 1. The number of carbonyl (C=O) groups excluding carboxylic acids is 1. The topological polar surface area (TPSA) is 78.2 Å². The van der Waals surface area contributed by atoms with E-state index in [4.69, 9.17) is 9.72 Å². The van der Waals surface area contributed by atoms with Crippen molar-refractivity contribution in [2.75, 3.05) is 0 Å². The van der Waals surface area contributed by atoms with Gasteiger partial charge in [-0.05, 0) is 47.8 Å². The quantitative estimate of drug-likeness (QED) is 0.514. The Kier molecular flexibility index (Phi) is 6.80. The van der Waals surface area contributed by atoms with Crippen LogP contribution in [0.3, 0.4) is 0 Å². The molecule has 1 fully saturated rings. The summed E-state index contributed by atoms with van der Waals surface area (Å²) < 4.78 is 8.96. The van der Waals surface area contributed by atoms with E-state index in [1.54, 1.807) is 11.6 Å². The lowest BCUT2D eigenvalue weighted by atomic mass is 9.68. The molecule has 1 N–H and O–H groups in total. The van der Waals surface area contributed by atoms with Crippen molar-refractivity contribution < 1.29 is 11.0 Å². The van der Waals surface area contributed by atoms with Crippen LogP contribution in [-0.2, 0) is 24.9 Å². The molecule has 0 spiro atoms. The van der Waals surface area contributed by atoms with E-state index in [9.17, 15) is 9.59 Å². The first-order valence-corrected chi connectivity index (χ1v) is 12.5. The van der Waals surface area contributed by atoms with Gasteiger partial charge in [-0.15, -0.1) is 0 Å². The molecule has 1 aliphatic rings. The van der Waals surface area contributed by atoms with Crippen molar-refractivity contribution in [2.24, 2.45) is 17.9 Å². The summed E-state index contributed by atoms with van der Waals surface area (Å²) in [6.45, 7) is 11.7. The number of aryl methyl sites for hydroxylation is 1. The summed E-state index contributed by atoms with van der Waals surface area (Å²) in [5.41, 5.74) is 3.42. The van der Waals surface area contributed by atoms with Crippen molar-refractivity contribution in [1.29, 1.82) is 0 Å². The van der Waals surface area contributed by atoms with Gasteiger partial charge in [0, 0.05) is 32.7 Å². The molecule has 7 heteroatoms. The third kappa shape index (κ3) is 5.60. The van der Waals surface area contributed by atoms with Gasteiger partial charge in [-0.2, -0.15) is 0 Å². The zero-order valence-corrected chi connectivity index (χ0v) is 21.8. The highest BCUT2D eigenvalue weighted by Crippen LogP contribution is 2.42. The minimum Gasteiger partial charge on any atom is -0.445 e. The Morgan fingerprint density at radius 1 is 1.20 bits per heavy atom. The molecule has 2 heterocycles. The van der Waals surface area contributed by atoms with Gasteiger partial charge in [-0.3, -0.25) is 9.13 Å². The molecule has 0 aliphatic heterocycles. The molecule has 2 unspecified atom stereocenters. The Morgan fingerprint density at radius 2 is 1.91 bits per heavy atom. The molecule has 3 aromatic rings. The van der Waals surface area contributed by atoms with E-state index in [0.29, 0.717) is 12.2 Å². The van der Waals surface area contributed by atoms with E-state index in [0.717, 1.165) is 36.0 Å². The predicted octanol–water partition coefficient (Wildman–Crippen LogP) is 5.62. The average Bonchev–Trinajstić information content (AvgIpc) is 3.03. The molecular weight excluding hydrogens is 440 g/mol. The second-order valence-electron chi connectivity index (χ2n) is 11.8. The van der Waals surface area contributed by atoms with Crippen molar-refractivity contribution in [3.8, 4) is 0 Å². The van der Waals surface area contributed by atoms with Crippen LogP contribution in [0.1, 0.15) is 72.5 Å². The van der Waals surface area contributed by atoms with Crippen LogP contribution in [0.4, 0.5) is 4.79 Å². The van der Waals surface area contributed by atoms with Gasteiger partial charge in [0.2, 0.25) is 0 Å². The molecule has 190 valence electrons. The minimum absolute atomic E-state index is 0. The summed E-state index contributed by atoms with van der Waals surface area (Å²) in [7, 11) is 1.79. The van der Waals surface area contributed by atoms with E-state index < -0.39 is 6.09 Å². The summed E-state index contributed by atoms with van der Waals surface area (Å²) in [6.07, 6.45) is 2.34. The van der Waals surface area contributed by atoms with Crippen molar-refractivity contribution in [1.82, 2.24) is 19.4 Å². The fourth-order valence-corrected chi connectivity index (χ4v) is 5.01. The van der Waals surface area contributed by atoms with E-state index in [1.165, 1.54) is 0 Å². The molecule has 0 saturated heterocycles. The van der Waals surface area contributed by atoms with Gasteiger partial charge in [-0.1, -0.05) is 65.0 Å². The summed E-state index contributed by atoms with van der Waals surface area (Å²) in [5, 5.41) is 3.12. The van der Waals surface area contributed by atoms with Gasteiger partial charge in [-0.25, -0.2) is 14.6 Å². The molecule has 4 rings (SSSR count). The van der Waals surface area contributed by atoms with E-state index in [2.05, 4.69) is 46.0 Å². The Labute approximate surface area is 209 Å². The molecule has 7 nitrogen and oxygen atoms in total. The van der Waals surface area contributed by atoms with Crippen LogP contribution >= 0.6 is 0 Å². The van der Waals surface area contributed by atoms with Gasteiger partial charge in [0.25, 0.3) is 0 Å². The van der Waals surface area contributed by atoms with E-state index in [1.807, 2.05) is 41.0 Å². The van der Waals surface area contributed by atoms with Gasteiger partial charge in [0.05, 0.1) is 5.52 Å². The normalized spacial score (nSPS) is 20.1. The number of nitrogens with zero attached hydrogens (tertiary/aromatic N) is 3. The highest BCUT2D eigenvalue weighted by atomic mass is 16.5. The second-order valence-corrected chi connectivity index (χ2v) is 11.8. The molecule has 1 aromatic carbocycles. The van der Waals surface area contributed by atoms with Gasteiger partial charge in [0.15, 0.2) is 5.65 Å². The van der Waals surface area contributed by atoms with Crippen molar-refractivity contribution >= 4 is 17.3 Å². The number of imidazole rings is 1. The summed E-state index contributed by atoms with van der Waals surface area (Å²) in [6, 6.07) is 13.7. The summed E-state index contributed by atoms with van der Waals surface area (Å²) in [4.78, 5) is 30.4. The number of hydrogen-bond acceptors (Lipinski definition) is 4. The van der Waals surface area contributed by atoms with Crippen LogP contribution in [0.2, 0.25) is 0 Å².